The summed E-state index contributed by atoms with van der Waals surface area (Å²) in [7, 11) is -3.27. The Morgan fingerprint density at radius 3 is 2.08 bits per heavy atom. The molecule has 0 aliphatic carbocycles. The number of rotatable bonds is 6. The minimum Gasteiger partial charge on any atom is -0.494 e. The highest BCUT2D eigenvalue weighted by Gasteiger charge is 2.32. The zero-order valence-electron chi connectivity index (χ0n) is 15.1. The van der Waals surface area contributed by atoms with Gasteiger partial charge in [0, 0.05) is 45.8 Å². The average Bonchev–Trinajstić information content (AvgIpc) is 2.65. The predicted octanol–water partition coefficient (Wildman–Crippen LogP) is 1.93. The third-order valence-corrected chi connectivity index (χ3v) is 6.97. The van der Waals surface area contributed by atoms with Gasteiger partial charge in [-0.2, -0.15) is 17.0 Å². The Labute approximate surface area is 151 Å². The minimum absolute atomic E-state index is 0.579. The van der Waals surface area contributed by atoms with Gasteiger partial charge >= 0.3 is 0 Å². The third-order valence-electron chi connectivity index (χ3n) is 4.94. The maximum atomic E-state index is 12.7. The van der Waals surface area contributed by atoms with Crippen molar-refractivity contribution in [2.75, 3.05) is 45.9 Å². The summed E-state index contributed by atoms with van der Waals surface area (Å²) in [6.45, 7) is 7.57. The Kier molecular flexibility index (Phi) is 6.33. The molecule has 25 heavy (non-hydrogen) atoms. The summed E-state index contributed by atoms with van der Waals surface area (Å²) in [6.07, 6.45) is 3.11. The molecule has 6 nitrogen and oxygen atoms in total. The molecule has 2 saturated heterocycles. The van der Waals surface area contributed by atoms with Crippen LogP contribution >= 0.6 is 0 Å². The van der Waals surface area contributed by atoms with Gasteiger partial charge in [-0.15, -0.1) is 0 Å². The third kappa shape index (κ3) is 4.73. The smallest absolute Gasteiger partial charge is 0.282 e. The van der Waals surface area contributed by atoms with Crippen molar-refractivity contribution in [2.24, 2.45) is 0 Å². The standard InChI is InChI=1S/C18H29N3O3S/c1-2-24-18-8-6-17(7-9-18)16-19-12-14-21(15-13-19)25(22,23)20-10-4-3-5-11-20/h6-9H,2-5,10-16H2,1H3. The molecule has 2 aliphatic heterocycles. The lowest BCUT2D eigenvalue weighted by Crippen LogP contribution is -2.53. The Morgan fingerprint density at radius 1 is 0.880 bits per heavy atom. The molecule has 140 valence electrons. The molecule has 2 heterocycles. The number of hydrogen-bond acceptors (Lipinski definition) is 4. The number of piperidine rings is 1. The van der Waals surface area contributed by atoms with Gasteiger partial charge in [-0.1, -0.05) is 18.6 Å². The Bertz CT molecular complexity index is 634. The molecule has 0 amide bonds. The highest BCUT2D eigenvalue weighted by Crippen LogP contribution is 2.19. The van der Waals surface area contributed by atoms with Crippen molar-refractivity contribution in [3.05, 3.63) is 29.8 Å². The van der Waals surface area contributed by atoms with E-state index in [1.54, 1.807) is 8.61 Å². The van der Waals surface area contributed by atoms with E-state index < -0.39 is 10.2 Å². The van der Waals surface area contributed by atoms with E-state index in [0.29, 0.717) is 32.8 Å². The van der Waals surface area contributed by atoms with Crippen LogP contribution in [0, 0.1) is 0 Å². The summed E-state index contributed by atoms with van der Waals surface area (Å²) in [5.41, 5.74) is 1.23. The average molecular weight is 368 g/mol. The van der Waals surface area contributed by atoms with E-state index in [1.807, 2.05) is 19.1 Å². The van der Waals surface area contributed by atoms with Crippen LogP contribution in [0.1, 0.15) is 31.7 Å². The number of piperazine rings is 1. The molecule has 0 atom stereocenters. The lowest BCUT2D eigenvalue weighted by Gasteiger charge is -2.37. The first-order chi connectivity index (χ1) is 12.1. The fourth-order valence-electron chi connectivity index (χ4n) is 3.49. The number of nitrogens with zero attached hydrogens (tertiary/aromatic N) is 3. The summed E-state index contributed by atoms with van der Waals surface area (Å²) in [4.78, 5) is 2.32. The molecule has 2 aliphatic rings. The Hall–Kier alpha value is -1.15. The molecular weight excluding hydrogens is 338 g/mol. The normalized spacial score (nSPS) is 21.3. The van der Waals surface area contributed by atoms with Crippen LogP contribution in [0.15, 0.2) is 24.3 Å². The largest absolute Gasteiger partial charge is 0.494 e. The number of hydrogen-bond donors (Lipinski definition) is 0. The molecule has 3 rings (SSSR count). The van der Waals surface area contributed by atoms with E-state index in [2.05, 4.69) is 17.0 Å². The van der Waals surface area contributed by atoms with Crippen LogP contribution in [0.25, 0.3) is 0 Å². The van der Waals surface area contributed by atoms with Crippen LogP contribution in [0.3, 0.4) is 0 Å². The molecular formula is C18H29N3O3S. The molecule has 1 aromatic carbocycles. The van der Waals surface area contributed by atoms with E-state index in [4.69, 9.17) is 4.74 Å². The van der Waals surface area contributed by atoms with E-state index in [0.717, 1.165) is 44.6 Å². The molecule has 0 bridgehead atoms. The van der Waals surface area contributed by atoms with Crippen molar-refractivity contribution in [1.82, 2.24) is 13.5 Å². The molecule has 2 fully saturated rings. The van der Waals surface area contributed by atoms with Gasteiger partial charge in [-0.3, -0.25) is 4.90 Å². The van der Waals surface area contributed by atoms with Gasteiger partial charge in [0.2, 0.25) is 0 Å². The topological polar surface area (TPSA) is 53.1 Å². The molecule has 0 aromatic heterocycles. The minimum atomic E-state index is -3.27. The van der Waals surface area contributed by atoms with Crippen molar-refractivity contribution in [1.29, 1.82) is 0 Å². The monoisotopic (exact) mass is 367 g/mol. The number of benzene rings is 1. The molecule has 0 N–H and O–H groups in total. The van der Waals surface area contributed by atoms with Gasteiger partial charge in [0.25, 0.3) is 10.2 Å². The summed E-state index contributed by atoms with van der Waals surface area (Å²) < 4.78 is 34.2. The summed E-state index contributed by atoms with van der Waals surface area (Å²) in [6, 6.07) is 8.16. The molecule has 0 radical (unpaired) electrons. The van der Waals surface area contributed by atoms with Crippen LogP contribution in [0.5, 0.6) is 5.75 Å². The van der Waals surface area contributed by atoms with Gasteiger partial charge in [-0.25, -0.2) is 0 Å². The molecule has 0 spiro atoms. The van der Waals surface area contributed by atoms with Gasteiger partial charge in [-0.05, 0) is 37.5 Å². The first-order valence-corrected chi connectivity index (χ1v) is 10.7. The van der Waals surface area contributed by atoms with Gasteiger partial charge in [0.1, 0.15) is 5.75 Å². The van der Waals surface area contributed by atoms with Gasteiger partial charge in [0.15, 0.2) is 0 Å². The van der Waals surface area contributed by atoms with Crippen molar-refractivity contribution < 1.29 is 13.2 Å². The quantitative estimate of drug-likeness (QED) is 0.771. The van der Waals surface area contributed by atoms with E-state index >= 15 is 0 Å². The highest BCUT2D eigenvalue weighted by molar-refractivity contribution is 7.86. The summed E-state index contributed by atoms with van der Waals surface area (Å²) >= 11 is 0. The van der Waals surface area contributed by atoms with Crippen molar-refractivity contribution in [3.63, 3.8) is 0 Å². The first-order valence-electron chi connectivity index (χ1n) is 9.29. The van der Waals surface area contributed by atoms with Crippen molar-refractivity contribution in [3.8, 4) is 5.75 Å². The molecule has 1 aromatic rings. The van der Waals surface area contributed by atoms with Crippen molar-refractivity contribution >= 4 is 10.2 Å². The lowest BCUT2D eigenvalue weighted by atomic mass is 10.2. The number of ether oxygens (including phenoxy) is 1. The van der Waals surface area contributed by atoms with Crippen LogP contribution in [-0.2, 0) is 16.8 Å². The maximum Gasteiger partial charge on any atom is 0.282 e. The van der Waals surface area contributed by atoms with Crippen LogP contribution in [0.4, 0.5) is 0 Å². The van der Waals surface area contributed by atoms with Crippen LogP contribution in [-0.4, -0.2) is 67.8 Å². The maximum absolute atomic E-state index is 12.7. The van der Waals surface area contributed by atoms with E-state index in [1.165, 1.54) is 5.56 Å². The van der Waals surface area contributed by atoms with Gasteiger partial charge in [0.05, 0.1) is 6.61 Å². The second-order valence-corrected chi connectivity index (χ2v) is 8.65. The lowest BCUT2D eigenvalue weighted by molar-refractivity contribution is 0.173. The highest BCUT2D eigenvalue weighted by atomic mass is 32.2. The SMILES string of the molecule is CCOc1ccc(CN2CCN(S(=O)(=O)N3CCCCC3)CC2)cc1. The second-order valence-electron chi connectivity index (χ2n) is 6.72. The van der Waals surface area contributed by atoms with E-state index in [9.17, 15) is 8.42 Å². The Morgan fingerprint density at radius 2 is 1.48 bits per heavy atom. The summed E-state index contributed by atoms with van der Waals surface area (Å²) in [5, 5.41) is 0. The fraction of sp³-hybridized carbons (Fsp3) is 0.667. The molecule has 0 unspecified atom stereocenters. The van der Waals surface area contributed by atoms with Gasteiger partial charge < -0.3 is 4.74 Å². The van der Waals surface area contributed by atoms with E-state index in [-0.39, 0.29) is 0 Å². The first kappa shape index (κ1) is 18.6. The zero-order valence-corrected chi connectivity index (χ0v) is 15.9. The molecule has 7 heteroatoms. The fourth-order valence-corrected chi connectivity index (χ4v) is 5.16. The van der Waals surface area contributed by atoms with Crippen molar-refractivity contribution in [2.45, 2.75) is 32.7 Å². The summed E-state index contributed by atoms with van der Waals surface area (Å²) in [5.74, 6) is 0.892. The molecule has 0 saturated carbocycles. The van der Waals surface area contributed by atoms with Crippen LogP contribution in [0.2, 0.25) is 0 Å². The zero-order chi connectivity index (χ0) is 17.7. The second kappa shape index (κ2) is 8.49. The predicted molar refractivity (Wildman–Crippen MR) is 98.8 cm³/mol. The Balaban J connectivity index is 1.51. The van der Waals surface area contributed by atoms with Crippen LogP contribution < -0.4 is 4.74 Å².